The summed E-state index contributed by atoms with van der Waals surface area (Å²) in [5, 5.41) is 17.7. The highest BCUT2D eigenvalue weighted by atomic mass is 79.9. The Morgan fingerprint density at radius 2 is 2.36 bits per heavy atom. The lowest BCUT2D eigenvalue weighted by Crippen LogP contribution is -1.94. The van der Waals surface area contributed by atoms with Crippen LogP contribution in [0.4, 0.5) is 4.39 Å². The fourth-order valence-electron chi connectivity index (χ4n) is 1.02. The standard InChI is InChI=1S/C9H7BrFNO2/c1-14-7-4-6(10)5(2-3-12)8(11)9(7)13/h4,13H,2H2,1H3. The predicted molar refractivity (Wildman–Crippen MR) is 51.6 cm³/mol. The number of phenolic OH excluding ortho intramolecular Hbond substituents is 1. The van der Waals surface area contributed by atoms with Crippen LogP contribution in [0.15, 0.2) is 10.5 Å². The van der Waals surface area contributed by atoms with Crippen LogP contribution in [0.3, 0.4) is 0 Å². The van der Waals surface area contributed by atoms with E-state index in [0.29, 0.717) is 4.47 Å². The first-order valence-corrected chi connectivity index (χ1v) is 4.52. The molecule has 1 aromatic carbocycles. The summed E-state index contributed by atoms with van der Waals surface area (Å²) in [5.74, 6) is -1.35. The Hall–Kier alpha value is -1.28. The highest BCUT2D eigenvalue weighted by Gasteiger charge is 2.16. The van der Waals surface area contributed by atoms with E-state index < -0.39 is 11.6 Å². The van der Waals surface area contributed by atoms with Crippen LogP contribution in [0, 0.1) is 17.1 Å². The van der Waals surface area contributed by atoms with Gasteiger partial charge in [-0.25, -0.2) is 4.39 Å². The van der Waals surface area contributed by atoms with Crippen LogP contribution in [0.25, 0.3) is 0 Å². The van der Waals surface area contributed by atoms with E-state index in [9.17, 15) is 9.50 Å². The first kappa shape index (κ1) is 10.8. The van der Waals surface area contributed by atoms with E-state index >= 15 is 0 Å². The van der Waals surface area contributed by atoms with Crippen molar-refractivity contribution in [2.24, 2.45) is 0 Å². The Morgan fingerprint density at radius 3 is 2.86 bits per heavy atom. The molecule has 0 saturated heterocycles. The van der Waals surface area contributed by atoms with E-state index in [4.69, 9.17) is 10.00 Å². The summed E-state index contributed by atoms with van der Waals surface area (Å²) in [4.78, 5) is 0. The van der Waals surface area contributed by atoms with Crippen molar-refractivity contribution in [2.75, 3.05) is 7.11 Å². The molecule has 0 radical (unpaired) electrons. The van der Waals surface area contributed by atoms with Crippen LogP contribution in [-0.2, 0) is 6.42 Å². The molecular formula is C9H7BrFNO2. The van der Waals surface area contributed by atoms with Crippen molar-refractivity contribution in [3.05, 3.63) is 21.9 Å². The zero-order valence-corrected chi connectivity index (χ0v) is 8.93. The van der Waals surface area contributed by atoms with Gasteiger partial charge in [-0.3, -0.25) is 0 Å². The van der Waals surface area contributed by atoms with Gasteiger partial charge in [0.1, 0.15) is 0 Å². The van der Waals surface area contributed by atoms with Gasteiger partial charge in [-0.1, -0.05) is 15.9 Å². The minimum atomic E-state index is -0.822. The van der Waals surface area contributed by atoms with Crippen molar-refractivity contribution in [1.82, 2.24) is 0 Å². The van der Waals surface area contributed by atoms with Crippen LogP contribution in [0.1, 0.15) is 5.56 Å². The second kappa shape index (κ2) is 4.29. The van der Waals surface area contributed by atoms with Crippen LogP contribution in [-0.4, -0.2) is 12.2 Å². The molecule has 0 fully saturated rings. The molecule has 0 unspecified atom stereocenters. The Morgan fingerprint density at radius 1 is 1.71 bits per heavy atom. The molecule has 0 spiro atoms. The molecule has 0 saturated carbocycles. The van der Waals surface area contributed by atoms with E-state index in [1.54, 1.807) is 0 Å². The summed E-state index contributed by atoms with van der Waals surface area (Å²) in [6.07, 6.45) is -0.107. The quantitative estimate of drug-likeness (QED) is 0.888. The number of nitrogens with zero attached hydrogens (tertiary/aromatic N) is 1. The number of halogens is 2. The molecule has 0 aliphatic rings. The second-order valence-corrected chi connectivity index (χ2v) is 3.39. The topological polar surface area (TPSA) is 53.2 Å². The molecular weight excluding hydrogens is 253 g/mol. The molecule has 1 aromatic rings. The summed E-state index contributed by atoms with van der Waals surface area (Å²) < 4.78 is 18.5. The van der Waals surface area contributed by atoms with Gasteiger partial charge >= 0.3 is 0 Å². The zero-order chi connectivity index (χ0) is 10.7. The molecule has 74 valence electrons. The lowest BCUT2D eigenvalue weighted by molar-refractivity contribution is 0.355. The minimum absolute atomic E-state index is 0.0380. The Kier molecular flexibility index (Phi) is 3.31. The van der Waals surface area contributed by atoms with Crippen LogP contribution >= 0.6 is 15.9 Å². The smallest absolute Gasteiger partial charge is 0.194 e. The molecule has 0 amide bonds. The monoisotopic (exact) mass is 259 g/mol. The van der Waals surface area contributed by atoms with Crippen molar-refractivity contribution in [1.29, 1.82) is 5.26 Å². The van der Waals surface area contributed by atoms with Gasteiger partial charge in [0.25, 0.3) is 0 Å². The van der Waals surface area contributed by atoms with E-state index in [-0.39, 0.29) is 17.7 Å². The number of nitriles is 1. The maximum atomic E-state index is 13.4. The third-order valence-electron chi connectivity index (χ3n) is 1.73. The molecule has 0 aliphatic carbocycles. The number of phenols is 1. The number of aromatic hydroxyl groups is 1. The summed E-state index contributed by atoms with van der Waals surface area (Å²) in [5.41, 5.74) is 0.130. The number of methoxy groups -OCH3 is 1. The Labute approximate surface area is 88.9 Å². The van der Waals surface area contributed by atoms with Gasteiger partial charge in [0, 0.05) is 10.0 Å². The SMILES string of the molecule is COc1cc(Br)c(CC#N)c(F)c1O. The minimum Gasteiger partial charge on any atom is -0.502 e. The van der Waals surface area contributed by atoms with E-state index in [2.05, 4.69) is 15.9 Å². The van der Waals surface area contributed by atoms with Gasteiger partial charge in [0.05, 0.1) is 19.6 Å². The van der Waals surface area contributed by atoms with Gasteiger partial charge in [-0.15, -0.1) is 0 Å². The number of benzene rings is 1. The second-order valence-electron chi connectivity index (χ2n) is 2.54. The molecule has 0 bridgehead atoms. The van der Waals surface area contributed by atoms with Crippen LogP contribution in [0.2, 0.25) is 0 Å². The average Bonchev–Trinajstić information content (AvgIpc) is 2.18. The Balaban J connectivity index is 3.35. The van der Waals surface area contributed by atoms with Crippen LogP contribution < -0.4 is 4.74 Å². The van der Waals surface area contributed by atoms with E-state index in [1.165, 1.54) is 13.2 Å². The highest BCUT2D eigenvalue weighted by molar-refractivity contribution is 9.10. The van der Waals surface area contributed by atoms with Crippen molar-refractivity contribution >= 4 is 15.9 Å². The highest BCUT2D eigenvalue weighted by Crippen LogP contribution is 2.36. The number of rotatable bonds is 2. The lowest BCUT2D eigenvalue weighted by Gasteiger charge is -2.08. The molecule has 5 heteroatoms. The molecule has 1 N–H and O–H groups in total. The van der Waals surface area contributed by atoms with Gasteiger partial charge in [-0.2, -0.15) is 5.26 Å². The van der Waals surface area contributed by atoms with Gasteiger partial charge in [-0.05, 0) is 6.07 Å². The molecule has 3 nitrogen and oxygen atoms in total. The first-order chi connectivity index (χ1) is 6.61. The number of hydrogen-bond acceptors (Lipinski definition) is 3. The summed E-state index contributed by atoms with van der Waals surface area (Å²) in [6, 6.07) is 3.23. The maximum absolute atomic E-state index is 13.4. The fourth-order valence-corrected chi connectivity index (χ4v) is 1.55. The predicted octanol–water partition coefficient (Wildman–Crippen LogP) is 2.37. The maximum Gasteiger partial charge on any atom is 0.194 e. The van der Waals surface area contributed by atoms with Crippen molar-refractivity contribution in [2.45, 2.75) is 6.42 Å². The zero-order valence-electron chi connectivity index (χ0n) is 7.34. The molecule has 0 heterocycles. The van der Waals surface area contributed by atoms with Gasteiger partial charge in [0.15, 0.2) is 17.3 Å². The van der Waals surface area contributed by atoms with Gasteiger partial charge < -0.3 is 9.84 Å². The van der Waals surface area contributed by atoms with Crippen molar-refractivity contribution in [3.8, 4) is 17.6 Å². The molecule has 14 heavy (non-hydrogen) atoms. The first-order valence-electron chi connectivity index (χ1n) is 3.72. The third kappa shape index (κ3) is 1.80. The average molecular weight is 260 g/mol. The Bertz CT molecular complexity index is 401. The van der Waals surface area contributed by atoms with Crippen LogP contribution in [0.5, 0.6) is 11.5 Å². The molecule has 0 atom stereocenters. The molecule has 1 rings (SSSR count). The normalized spacial score (nSPS) is 9.57. The molecule has 0 aliphatic heterocycles. The van der Waals surface area contributed by atoms with Gasteiger partial charge in [0.2, 0.25) is 0 Å². The summed E-state index contributed by atoms with van der Waals surface area (Å²) in [7, 11) is 1.32. The van der Waals surface area contributed by atoms with Crippen molar-refractivity contribution in [3.63, 3.8) is 0 Å². The largest absolute Gasteiger partial charge is 0.502 e. The fraction of sp³-hybridized carbons (Fsp3) is 0.222. The number of ether oxygens (including phenoxy) is 1. The summed E-state index contributed by atoms with van der Waals surface area (Å²) >= 11 is 3.09. The van der Waals surface area contributed by atoms with E-state index in [0.717, 1.165) is 0 Å². The third-order valence-corrected chi connectivity index (χ3v) is 2.44. The van der Waals surface area contributed by atoms with Crippen molar-refractivity contribution < 1.29 is 14.2 Å². The molecule has 0 aromatic heterocycles. The summed E-state index contributed by atoms with van der Waals surface area (Å²) in [6.45, 7) is 0. The van der Waals surface area contributed by atoms with E-state index in [1.807, 2.05) is 6.07 Å². The number of hydrogen-bond donors (Lipinski definition) is 1. The lowest BCUT2D eigenvalue weighted by atomic mass is 10.1.